The van der Waals surface area contributed by atoms with Gasteiger partial charge in [-0.15, -0.1) is 0 Å². The van der Waals surface area contributed by atoms with Crippen LogP contribution in [0.15, 0.2) is 0 Å². The Morgan fingerprint density at radius 1 is 1.22 bits per heavy atom. The van der Waals surface area contributed by atoms with E-state index in [1.807, 2.05) is 0 Å². The van der Waals surface area contributed by atoms with Gasteiger partial charge in [-0.3, -0.25) is 8.74 Å². The number of methoxy groups -OCH3 is 1. The van der Waals surface area contributed by atoms with E-state index in [-0.39, 0.29) is 6.42 Å². The normalized spacial score (nSPS) is 16.0. The van der Waals surface area contributed by atoms with Gasteiger partial charge in [0.25, 0.3) is 20.2 Å². The van der Waals surface area contributed by atoms with Gasteiger partial charge in [0.1, 0.15) is 0 Å². The molecular weight excluding hydrogens is 288 g/mol. The molecule has 0 aromatic carbocycles. The van der Waals surface area contributed by atoms with Crippen LogP contribution in [0.5, 0.6) is 0 Å². The lowest BCUT2D eigenvalue weighted by atomic mass is 10.4. The van der Waals surface area contributed by atoms with E-state index >= 15 is 0 Å². The van der Waals surface area contributed by atoms with Crippen molar-refractivity contribution in [1.82, 2.24) is 0 Å². The minimum Gasteiger partial charge on any atom is -0.467 e. The van der Waals surface area contributed by atoms with Gasteiger partial charge in [0.05, 0.1) is 18.1 Å². The van der Waals surface area contributed by atoms with Gasteiger partial charge in [-0.2, -0.15) is 16.8 Å². The van der Waals surface area contributed by atoms with Crippen LogP contribution < -0.4 is 0 Å². The summed E-state index contributed by atoms with van der Waals surface area (Å²) in [5.74, 6) is -1.49. The first-order chi connectivity index (χ1) is 7.99. The maximum atomic E-state index is 11.4. The Bertz CT molecular complexity index is 477. The van der Waals surface area contributed by atoms with Gasteiger partial charge in [0.15, 0.2) is 6.10 Å². The maximum Gasteiger partial charge on any atom is 0.336 e. The Labute approximate surface area is 106 Å². The number of hydrogen-bond donors (Lipinski definition) is 1. The van der Waals surface area contributed by atoms with E-state index < -0.39 is 43.3 Å². The molecule has 0 heterocycles. The Kier molecular flexibility index (Phi) is 6.20. The zero-order valence-electron chi connectivity index (χ0n) is 10.2. The van der Waals surface area contributed by atoms with Crippen molar-refractivity contribution in [1.29, 1.82) is 0 Å². The second kappa shape index (κ2) is 6.45. The minimum absolute atomic E-state index is 0.338. The van der Waals surface area contributed by atoms with Crippen LogP contribution in [0.2, 0.25) is 0 Å². The Morgan fingerprint density at radius 3 is 2.11 bits per heavy atom. The Balaban J connectivity index is 4.47. The molecule has 18 heavy (non-hydrogen) atoms. The van der Waals surface area contributed by atoms with E-state index in [9.17, 15) is 21.6 Å². The summed E-state index contributed by atoms with van der Waals surface area (Å²) in [6, 6.07) is 0. The number of esters is 1. The van der Waals surface area contributed by atoms with Gasteiger partial charge in [0, 0.05) is 0 Å². The fourth-order valence-corrected chi connectivity index (χ4v) is 2.75. The van der Waals surface area contributed by atoms with Crippen molar-refractivity contribution < 1.29 is 35.1 Å². The third-order valence-electron chi connectivity index (χ3n) is 2.11. The van der Waals surface area contributed by atoms with Crippen LogP contribution in [-0.2, 0) is 34.0 Å². The summed E-state index contributed by atoms with van der Waals surface area (Å²) in [5.41, 5.74) is 0. The highest BCUT2D eigenvalue weighted by Gasteiger charge is 2.25. The summed E-state index contributed by atoms with van der Waals surface area (Å²) >= 11 is 0. The summed E-state index contributed by atoms with van der Waals surface area (Å²) < 4.78 is 61.5. The lowest BCUT2D eigenvalue weighted by Crippen LogP contribution is -2.28. The average Bonchev–Trinajstić information content (AvgIpc) is 2.22. The second-order valence-corrected chi connectivity index (χ2v) is 7.19. The molecule has 108 valence electrons. The van der Waals surface area contributed by atoms with Crippen LogP contribution in [0.1, 0.15) is 20.3 Å². The summed E-state index contributed by atoms with van der Waals surface area (Å²) in [4.78, 5) is 10.9. The molecule has 0 aliphatic carbocycles. The highest BCUT2D eigenvalue weighted by molar-refractivity contribution is 7.87. The van der Waals surface area contributed by atoms with E-state index in [0.29, 0.717) is 0 Å². The van der Waals surface area contributed by atoms with Crippen LogP contribution in [0.25, 0.3) is 0 Å². The topological polar surface area (TPSA) is 124 Å². The van der Waals surface area contributed by atoms with Crippen LogP contribution in [0, 0.1) is 0 Å². The second-order valence-electron chi connectivity index (χ2n) is 3.64. The average molecular weight is 304 g/mol. The van der Waals surface area contributed by atoms with Gasteiger partial charge >= 0.3 is 5.97 Å². The van der Waals surface area contributed by atoms with Gasteiger partial charge in [-0.25, -0.2) is 4.79 Å². The molecule has 0 aliphatic rings. The molecule has 0 aromatic rings. The summed E-state index contributed by atoms with van der Waals surface area (Å²) in [5, 5.41) is -1.23. The summed E-state index contributed by atoms with van der Waals surface area (Å²) in [6.07, 6.45) is -1.64. The molecule has 0 saturated heterocycles. The number of carbonyl (C=O) groups is 1. The van der Waals surface area contributed by atoms with Crippen molar-refractivity contribution >= 4 is 26.2 Å². The number of rotatable bonds is 7. The van der Waals surface area contributed by atoms with Crippen LogP contribution in [0.4, 0.5) is 0 Å². The van der Waals surface area contributed by atoms with E-state index in [1.165, 1.54) is 6.92 Å². The predicted octanol–water partition coefficient (Wildman–Crippen LogP) is -0.439. The lowest BCUT2D eigenvalue weighted by molar-refractivity contribution is -0.147. The summed E-state index contributed by atoms with van der Waals surface area (Å²) in [6.45, 7) is 2.35. The molecule has 8 nitrogen and oxygen atoms in total. The number of hydrogen-bond acceptors (Lipinski definition) is 7. The third-order valence-corrected chi connectivity index (χ3v) is 4.68. The van der Waals surface area contributed by atoms with E-state index in [0.717, 1.165) is 14.0 Å². The van der Waals surface area contributed by atoms with Crippen molar-refractivity contribution in [3.05, 3.63) is 0 Å². The summed E-state index contributed by atoms with van der Waals surface area (Å²) in [7, 11) is -7.28. The number of ether oxygens (including phenoxy) is 1. The van der Waals surface area contributed by atoms with E-state index in [2.05, 4.69) is 8.92 Å². The molecule has 0 spiro atoms. The van der Waals surface area contributed by atoms with E-state index in [4.69, 9.17) is 4.55 Å². The number of carbonyl (C=O) groups excluding carboxylic acids is 1. The van der Waals surface area contributed by atoms with Crippen LogP contribution in [-0.4, -0.2) is 51.6 Å². The third kappa shape index (κ3) is 6.28. The largest absolute Gasteiger partial charge is 0.467 e. The zero-order chi connectivity index (χ0) is 14.6. The molecule has 0 aliphatic heterocycles. The minimum atomic E-state index is -4.29. The fraction of sp³-hybridized carbons (Fsp3) is 0.875. The molecule has 0 radical (unpaired) electrons. The first kappa shape index (κ1) is 17.3. The highest BCUT2D eigenvalue weighted by atomic mass is 32.2. The molecule has 0 bridgehead atoms. The maximum absolute atomic E-state index is 11.4. The molecule has 0 saturated carbocycles. The molecule has 0 rings (SSSR count). The van der Waals surface area contributed by atoms with Crippen molar-refractivity contribution in [3.8, 4) is 0 Å². The van der Waals surface area contributed by atoms with Gasteiger partial charge < -0.3 is 4.74 Å². The van der Waals surface area contributed by atoms with Gasteiger partial charge in [-0.1, -0.05) is 0 Å². The Hall–Kier alpha value is -0.710. The smallest absolute Gasteiger partial charge is 0.336 e. The van der Waals surface area contributed by atoms with Gasteiger partial charge in [0.2, 0.25) is 0 Å². The molecule has 0 amide bonds. The first-order valence-electron chi connectivity index (χ1n) is 4.94. The molecule has 10 heteroatoms. The molecular formula is C8H16O8S2. The zero-order valence-corrected chi connectivity index (χ0v) is 11.8. The van der Waals surface area contributed by atoms with Crippen LogP contribution >= 0.6 is 0 Å². The van der Waals surface area contributed by atoms with Crippen LogP contribution in [0.3, 0.4) is 0 Å². The van der Waals surface area contributed by atoms with Crippen molar-refractivity contribution in [3.63, 3.8) is 0 Å². The monoisotopic (exact) mass is 304 g/mol. The Morgan fingerprint density at radius 2 is 1.72 bits per heavy atom. The molecule has 2 unspecified atom stereocenters. The highest BCUT2D eigenvalue weighted by Crippen LogP contribution is 2.09. The molecule has 0 aromatic heterocycles. The standard InChI is InChI=1S/C8H16O8S2/c1-6(18(12,13)14)4-5-17(10,11)16-7(2)8(9)15-3/h6-7H,4-5H2,1-3H3,(H,12,13,14). The quantitative estimate of drug-likeness (QED) is 0.381. The SMILES string of the molecule is COC(=O)C(C)OS(=O)(=O)CCC(C)S(=O)(=O)O. The van der Waals surface area contributed by atoms with Crippen molar-refractivity contribution in [2.45, 2.75) is 31.6 Å². The van der Waals surface area contributed by atoms with Gasteiger partial charge in [-0.05, 0) is 20.3 Å². The first-order valence-corrected chi connectivity index (χ1v) is 8.02. The van der Waals surface area contributed by atoms with Crippen molar-refractivity contribution in [2.75, 3.05) is 12.9 Å². The lowest BCUT2D eigenvalue weighted by Gasteiger charge is -2.12. The molecule has 1 N–H and O–H groups in total. The fourth-order valence-electron chi connectivity index (χ4n) is 0.933. The predicted molar refractivity (Wildman–Crippen MR) is 62.0 cm³/mol. The molecule has 2 atom stereocenters. The van der Waals surface area contributed by atoms with E-state index in [1.54, 1.807) is 0 Å². The van der Waals surface area contributed by atoms with Crippen molar-refractivity contribution in [2.24, 2.45) is 0 Å². The molecule has 0 fully saturated rings.